The number of hydrogen-bond acceptors (Lipinski definition) is 7. The molecule has 0 aliphatic carbocycles. The van der Waals surface area contributed by atoms with Gasteiger partial charge in [-0.15, -0.1) is 11.3 Å². The zero-order valence-corrected chi connectivity index (χ0v) is 15.1. The molecule has 0 bridgehead atoms. The minimum Gasteiger partial charge on any atom is -0.491 e. The van der Waals surface area contributed by atoms with Gasteiger partial charge in [-0.25, -0.2) is 9.97 Å². The highest BCUT2D eigenvalue weighted by Crippen LogP contribution is 2.35. The molecular weight excluding hydrogens is 381 g/mol. The Morgan fingerprint density at radius 2 is 2.11 bits per heavy atom. The molecule has 0 radical (unpaired) electrons. The highest BCUT2D eigenvalue weighted by Gasteiger charge is 2.27. The third-order valence-electron chi connectivity index (χ3n) is 3.77. The number of hydrogen-bond donors (Lipinski definition) is 3. The van der Waals surface area contributed by atoms with E-state index >= 15 is 0 Å². The molecule has 0 spiro atoms. The molecule has 3 rings (SSSR count). The van der Waals surface area contributed by atoms with Crippen molar-refractivity contribution in [1.29, 1.82) is 0 Å². The number of fused-ring (bicyclic) bond motifs is 1. The molecule has 0 saturated carbocycles. The van der Waals surface area contributed by atoms with E-state index < -0.39 is 25.4 Å². The van der Waals surface area contributed by atoms with E-state index in [9.17, 15) is 18.3 Å². The first-order chi connectivity index (χ1) is 12.7. The second kappa shape index (κ2) is 7.67. The Morgan fingerprint density at radius 1 is 1.33 bits per heavy atom. The van der Waals surface area contributed by atoms with Crippen molar-refractivity contribution in [3.05, 3.63) is 41.0 Å². The van der Waals surface area contributed by atoms with Gasteiger partial charge in [-0.1, -0.05) is 6.07 Å². The Morgan fingerprint density at radius 3 is 2.81 bits per heavy atom. The van der Waals surface area contributed by atoms with Gasteiger partial charge < -0.3 is 20.9 Å². The summed E-state index contributed by atoms with van der Waals surface area (Å²) in [4.78, 5) is 8.45. The largest absolute Gasteiger partial charge is 0.491 e. The summed E-state index contributed by atoms with van der Waals surface area (Å²) in [7, 11) is 0. The molecule has 1 aromatic carbocycles. The fourth-order valence-electron chi connectivity index (χ4n) is 2.41. The molecular formula is C17H17F3N4O2S. The van der Waals surface area contributed by atoms with Crippen LogP contribution in [-0.4, -0.2) is 27.9 Å². The number of anilines is 2. The zero-order valence-electron chi connectivity index (χ0n) is 14.2. The number of benzene rings is 1. The number of alkyl halides is 3. The zero-order chi connectivity index (χ0) is 19.6. The molecule has 2 aromatic heterocycles. The summed E-state index contributed by atoms with van der Waals surface area (Å²) in [6.45, 7) is 1.37. The lowest BCUT2D eigenvalue weighted by Gasteiger charge is -2.16. The van der Waals surface area contributed by atoms with E-state index in [1.165, 1.54) is 23.7 Å². The quantitative estimate of drug-likeness (QED) is 0.543. The summed E-state index contributed by atoms with van der Waals surface area (Å²) in [5, 5.41) is 14.5. The van der Waals surface area contributed by atoms with E-state index in [1.807, 2.05) is 12.3 Å². The van der Waals surface area contributed by atoms with Gasteiger partial charge in [-0.05, 0) is 35.6 Å². The first-order valence-electron chi connectivity index (χ1n) is 7.97. The van der Waals surface area contributed by atoms with Crippen LogP contribution in [0.4, 0.5) is 24.7 Å². The van der Waals surface area contributed by atoms with E-state index in [2.05, 4.69) is 15.3 Å². The molecule has 27 heavy (non-hydrogen) atoms. The van der Waals surface area contributed by atoms with Crippen molar-refractivity contribution < 1.29 is 23.0 Å². The van der Waals surface area contributed by atoms with Crippen LogP contribution in [0, 0.1) is 6.92 Å². The number of nitrogens with two attached hydrogens (primary N) is 1. The number of aryl methyl sites for hydroxylation is 1. The Hall–Kier alpha value is -2.43. The molecule has 4 N–H and O–H groups in total. The normalized spacial score (nSPS) is 13.0. The predicted octanol–water partition coefficient (Wildman–Crippen LogP) is 4.02. The van der Waals surface area contributed by atoms with Gasteiger partial charge >= 0.3 is 6.18 Å². The summed E-state index contributed by atoms with van der Waals surface area (Å²) in [5.41, 5.74) is 7.97. The molecule has 1 atom stereocenters. The van der Waals surface area contributed by atoms with Crippen molar-refractivity contribution in [1.82, 2.24) is 9.97 Å². The molecule has 0 aliphatic rings. The standard InChI is InChI=1S/C17H17F3N4O2S/c1-9-7-27-14-13(9)22-8-23-16(14)24-11-3-2-10(15(21)25)6-12(11)26-5-4-17(18,19)20/h2-3,6-8,15,25H,4-5,21H2,1H3,(H,22,23,24). The van der Waals surface area contributed by atoms with Crippen LogP contribution in [0.3, 0.4) is 0 Å². The summed E-state index contributed by atoms with van der Waals surface area (Å²) in [6, 6.07) is 4.53. The molecule has 2 heterocycles. The smallest absolute Gasteiger partial charge is 0.392 e. The number of nitrogens with one attached hydrogen (secondary N) is 1. The maximum atomic E-state index is 12.4. The average Bonchev–Trinajstić information content (AvgIpc) is 2.97. The molecule has 0 amide bonds. The summed E-state index contributed by atoms with van der Waals surface area (Å²) in [6.07, 6.45) is -5.28. The monoisotopic (exact) mass is 398 g/mol. The maximum Gasteiger partial charge on any atom is 0.392 e. The van der Waals surface area contributed by atoms with Crippen molar-refractivity contribution in [2.24, 2.45) is 5.73 Å². The third-order valence-corrected chi connectivity index (χ3v) is 4.87. The summed E-state index contributed by atoms with van der Waals surface area (Å²) >= 11 is 1.46. The molecule has 1 unspecified atom stereocenters. The van der Waals surface area contributed by atoms with E-state index in [-0.39, 0.29) is 5.75 Å². The predicted molar refractivity (Wildman–Crippen MR) is 97.2 cm³/mol. The van der Waals surface area contributed by atoms with Gasteiger partial charge in [0.2, 0.25) is 0 Å². The SMILES string of the molecule is Cc1csc2c(Nc3ccc(C(N)O)cc3OCCC(F)(F)F)ncnc12. The van der Waals surface area contributed by atoms with Crippen LogP contribution < -0.4 is 15.8 Å². The van der Waals surface area contributed by atoms with Gasteiger partial charge in [-0.2, -0.15) is 13.2 Å². The van der Waals surface area contributed by atoms with E-state index in [0.29, 0.717) is 17.1 Å². The second-order valence-electron chi connectivity index (χ2n) is 5.86. The number of halogens is 3. The number of thiophene rings is 1. The van der Waals surface area contributed by atoms with Crippen LogP contribution in [0.1, 0.15) is 23.8 Å². The lowest BCUT2D eigenvalue weighted by Crippen LogP contribution is -2.14. The Bertz CT molecular complexity index is 944. The minimum atomic E-state index is -4.33. The molecule has 6 nitrogen and oxygen atoms in total. The molecule has 144 valence electrons. The lowest BCUT2D eigenvalue weighted by molar-refractivity contribution is -0.139. The van der Waals surface area contributed by atoms with Gasteiger partial charge in [0.25, 0.3) is 0 Å². The van der Waals surface area contributed by atoms with Crippen molar-refractivity contribution in [3.8, 4) is 5.75 Å². The van der Waals surface area contributed by atoms with Gasteiger partial charge in [0, 0.05) is 0 Å². The molecule has 0 aliphatic heterocycles. The highest BCUT2D eigenvalue weighted by atomic mass is 32.1. The van der Waals surface area contributed by atoms with Crippen LogP contribution in [-0.2, 0) is 0 Å². The van der Waals surface area contributed by atoms with Gasteiger partial charge in [0.05, 0.1) is 28.9 Å². The Kier molecular flexibility index (Phi) is 5.49. The molecule has 10 heteroatoms. The van der Waals surface area contributed by atoms with Crippen LogP contribution in [0.25, 0.3) is 10.2 Å². The fourth-order valence-corrected chi connectivity index (χ4v) is 3.36. The maximum absolute atomic E-state index is 12.4. The number of ether oxygens (including phenoxy) is 1. The van der Waals surface area contributed by atoms with Crippen molar-refractivity contribution in [2.45, 2.75) is 25.7 Å². The Labute approximate surface area is 156 Å². The molecule has 0 fully saturated rings. The number of aromatic nitrogens is 2. The number of aliphatic hydroxyl groups excluding tert-OH is 1. The fraction of sp³-hybridized carbons (Fsp3) is 0.294. The van der Waals surface area contributed by atoms with E-state index in [4.69, 9.17) is 10.5 Å². The van der Waals surface area contributed by atoms with Crippen molar-refractivity contribution >= 4 is 33.1 Å². The first-order valence-corrected chi connectivity index (χ1v) is 8.85. The molecule has 0 saturated heterocycles. The average molecular weight is 398 g/mol. The summed E-state index contributed by atoms with van der Waals surface area (Å²) < 4.78 is 43.4. The van der Waals surface area contributed by atoms with Crippen LogP contribution in [0.15, 0.2) is 29.9 Å². The topological polar surface area (TPSA) is 93.3 Å². The lowest BCUT2D eigenvalue weighted by atomic mass is 10.1. The van der Waals surface area contributed by atoms with Crippen molar-refractivity contribution in [2.75, 3.05) is 11.9 Å². The van der Waals surface area contributed by atoms with Gasteiger partial charge in [0.15, 0.2) is 5.82 Å². The molecule has 3 aromatic rings. The van der Waals surface area contributed by atoms with E-state index in [1.54, 1.807) is 12.1 Å². The van der Waals surface area contributed by atoms with Crippen molar-refractivity contribution in [3.63, 3.8) is 0 Å². The number of rotatable bonds is 6. The van der Waals surface area contributed by atoms with Crippen LogP contribution in [0.5, 0.6) is 5.75 Å². The van der Waals surface area contributed by atoms with Gasteiger partial charge in [-0.3, -0.25) is 0 Å². The second-order valence-corrected chi connectivity index (χ2v) is 6.74. The number of nitrogens with zero attached hydrogens (tertiary/aromatic N) is 2. The van der Waals surface area contributed by atoms with Crippen LogP contribution >= 0.6 is 11.3 Å². The number of aliphatic hydroxyl groups is 1. The van der Waals surface area contributed by atoms with Gasteiger partial charge in [0.1, 0.15) is 18.3 Å². The minimum absolute atomic E-state index is 0.140. The third kappa shape index (κ3) is 4.65. The van der Waals surface area contributed by atoms with Crippen LogP contribution in [0.2, 0.25) is 0 Å². The first kappa shape index (κ1) is 19.3. The van der Waals surface area contributed by atoms with E-state index in [0.717, 1.165) is 15.8 Å². The summed E-state index contributed by atoms with van der Waals surface area (Å²) in [5.74, 6) is 0.654. The Balaban J connectivity index is 1.91. The highest BCUT2D eigenvalue weighted by molar-refractivity contribution is 7.18.